The van der Waals surface area contributed by atoms with Crippen molar-refractivity contribution in [2.24, 2.45) is 0 Å². The van der Waals surface area contributed by atoms with E-state index in [4.69, 9.17) is 5.26 Å². The second-order valence-electron chi connectivity index (χ2n) is 7.38. The van der Waals surface area contributed by atoms with Crippen LogP contribution in [0, 0.1) is 11.3 Å². The molecular formula is C21H23N3O5S2. The first-order chi connectivity index (χ1) is 14.7. The molecule has 2 aromatic carbocycles. The molecule has 0 unspecified atom stereocenters. The van der Waals surface area contributed by atoms with Gasteiger partial charge in [-0.3, -0.25) is 4.79 Å². The zero-order chi connectivity index (χ0) is 22.5. The van der Waals surface area contributed by atoms with Gasteiger partial charge < -0.3 is 5.32 Å². The lowest BCUT2D eigenvalue weighted by Gasteiger charge is -2.26. The van der Waals surface area contributed by atoms with E-state index >= 15 is 0 Å². The summed E-state index contributed by atoms with van der Waals surface area (Å²) in [6, 6.07) is 13.9. The Hall–Kier alpha value is -2.74. The molecule has 1 heterocycles. The smallest absolute Gasteiger partial charge is 0.243 e. The topological polar surface area (TPSA) is 124 Å². The van der Waals surface area contributed by atoms with Gasteiger partial charge in [-0.25, -0.2) is 16.8 Å². The number of nitrogens with one attached hydrogen (secondary N) is 1. The van der Waals surface area contributed by atoms with Crippen LogP contribution in [-0.2, 0) is 30.4 Å². The van der Waals surface area contributed by atoms with Crippen LogP contribution in [0.1, 0.15) is 30.4 Å². The molecule has 0 radical (unpaired) electrons. The molecule has 1 fully saturated rings. The standard InChI is InChI=1S/C21H23N3O5S2/c22-14-17-7-9-18(10-8-17)15-30(26,27)16-21(25)23-19-5-4-6-20(13-19)31(28,29)24-11-2-1-3-12-24/h4-10,13H,1-3,11-12,15-16H2,(H,23,25). The van der Waals surface area contributed by atoms with E-state index in [1.807, 2.05) is 6.07 Å². The quantitative estimate of drug-likeness (QED) is 0.674. The van der Waals surface area contributed by atoms with Gasteiger partial charge in [0, 0.05) is 18.8 Å². The molecule has 31 heavy (non-hydrogen) atoms. The predicted molar refractivity (Wildman–Crippen MR) is 116 cm³/mol. The SMILES string of the molecule is N#Cc1ccc(CS(=O)(=O)CC(=O)Nc2cccc(S(=O)(=O)N3CCCCC3)c2)cc1. The second-order valence-corrected chi connectivity index (χ2v) is 11.4. The Morgan fingerprint density at radius 1 is 1.00 bits per heavy atom. The Bertz CT molecular complexity index is 1190. The van der Waals surface area contributed by atoms with E-state index in [-0.39, 0.29) is 16.3 Å². The van der Waals surface area contributed by atoms with Gasteiger partial charge in [0.25, 0.3) is 0 Å². The number of piperidine rings is 1. The molecule has 0 aliphatic carbocycles. The highest BCUT2D eigenvalue weighted by Crippen LogP contribution is 2.23. The van der Waals surface area contributed by atoms with Crippen molar-refractivity contribution in [2.45, 2.75) is 29.9 Å². The van der Waals surface area contributed by atoms with Crippen LogP contribution in [0.3, 0.4) is 0 Å². The molecule has 164 valence electrons. The molecule has 1 amide bonds. The Kier molecular flexibility index (Phi) is 7.10. The molecule has 1 aliphatic rings. The van der Waals surface area contributed by atoms with Crippen molar-refractivity contribution in [3.8, 4) is 6.07 Å². The van der Waals surface area contributed by atoms with Gasteiger partial charge in [-0.2, -0.15) is 9.57 Å². The maximum absolute atomic E-state index is 12.8. The van der Waals surface area contributed by atoms with Crippen LogP contribution in [0.2, 0.25) is 0 Å². The summed E-state index contributed by atoms with van der Waals surface area (Å²) in [6.45, 7) is 0.930. The van der Waals surface area contributed by atoms with Gasteiger partial charge in [0.2, 0.25) is 15.9 Å². The van der Waals surface area contributed by atoms with Crippen molar-refractivity contribution < 1.29 is 21.6 Å². The van der Waals surface area contributed by atoms with Gasteiger partial charge >= 0.3 is 0 Å². The van der Waals surface area contributed by atoms with Crippen LogP contribution in [0.15, 0.2) is 53.4 Å². The number of hydrogen-bond acceptors (Lipinski definition) is 6. The van der Waals surface area contributed by atoms with E-state index in [1.54, 1.807) is 0 Å². The lowest BCUT2D eigenvalue weighted by atomic mass is 10.2. The monoisotopic (exact) mass is 461 g/mol. The van der Waals surface area contributed by atoms with E-state index in [0.717, 1.165) is 19.3 Å². The van der Waals surface area contributed by atoms with Crippen molar-refractivity contribution in [1.29, 1.82) is 5.26 Å². The van der Waals surface area contributed by atoms with E-state index < -0.39 is 31.5 Å². The highest BCUT2D eigenvalue weighted by molar-refractivity contribution is 7.91. The van der Waals surface area contributed by atoms with Crippen LogP contribution >= 0.6 is 0 Å². The lowest BCUT2D eigenvalue weighted by molar-refractivity contribution is -0.113. The molecule has 0 aromatic heterocycles. The summed E-state index contributed by atoms with van der Waals surface area (Å²) < 4.78 is 51.7. The molecule has 0 saturated carbocycles. The largest absolute Gasteiger partial charge is 0.325 e. The van der Waals surface area contributed by atoms with Crippen molar-refractivity contribution in [3.05, 3.63) is 59.7 Å². The normalized spacial score (nSPS) is 15.2. The first kappa shape index (κ1) is 22.9. The Balaban J connectivity index is 1.66. The maximum Gasteiger partial charge on any atom is 0.243 e. The summed E-state index contributed by atoms with van der Waals surface area (Å²) in [7, 11) is -7.41. The predicted octanol–water partition coefficient (Wildman–Crippen LogP) is 2.29. The van der Waals surface area contributed by atoms with E-state index in [0.29, 0.717) is 24.2 Å². The zero-order valence-electron chi connectivity index (χ0n) is 16.8. The second kappa shape index (κ2) is 9.60. The van der Waals surface area contributed by atoms with Gasteiger partial charge in [-0.1, -0.05) is 24.6 Å². The summed E-state index contributed by atoms with van der Waals surface area (Å²) >= 11 is 0. The lowest BCUT2D eigenvalue weighted by Crippen LogP contribution is -2.35. The van der Waals surface area contributed by atoms with Gasteiger partial charge in [-0.05, 0) is 48.7 Å². The first-order valence-electron chi connectivity index (χ1n) is 9.79. The molecule has 10 heteroatoms. The van der Waals surface area contributed by atoms with E-state index in [2.05, 4.69) is 5.32 Å². The van der Waals surface area contributed by atoms with Crippen molar-refractivity contribution >= 4 is 31.5 Å². The van der Waals surface area contributed by atoms with E-state index in [9.17, 15) is 21.6 Å². The van der Waals surface area contributed by atoms with Gasteiger partial charge in [0.05, 0.1) is 22.3 Å². The van der Waals surface area contributed by atoms with Crippen LogP contribution in [-0.4, -0.2) is 45.9 Å². The van der Waals surface area contributed by atoms with Gasteiger partial charge in [0.1, 0.15) is 5.75 Å². The molecule has 2 aromatic rings. The number of anilines is 1. The summed E-state index contributed by atoms with van der Waals surface area (Å²) in [5.41, 5.74) is 1.11. The number of amides is 1. The minimum Gasteiger partial charge on any atom is -0.325 e. The van der Waals surface area contributed by atoms with Crippen LogP contribution in [0.5, 0.6) is 0 Å². The molecule has 3 rings (SSSR count). The Morgan fingerprint density at radius 2 is 1.68 bits per heavy atom. The third-order valence-corrected chi connectivity index (χ3v) is 8.26. The fraction of sp³-hybridized carbons (Fsp3) is 0.333. The van der Waals surface area contributed by atoms with Crippen molar-refractivity contribution in [1.82, 2.24) is 4.31 Å². The zero-order valence-corrected chi connectivity index (χ0v) is 18.5. The molecule has 8 nitrogen and oxygen atoms in total. The average Bonchev–Trinajstić information content (AvgIpc) is 2.74. The molecule has 0 atom stereocenters. The fourth-order valence-corrected chi connectivity index (χ4v) is 6.20. The van der Waals surface area contributed by atoms with Crippen LogP contribution in [0.25, 0.3) is 0 Å². The first-order valence-corrected chi connectivity index (χ1v) is 13.1. The number of hydrogen-bond donors (Lipinski definition) is 1. The number of nitriles is 1. The number of carbonyl (C=O) groups excluding carboxylic acids is 1. The fourth-order valence-electron chi connectivity index (χ4n) is 3.37. The third-order valence-electron chi connectivity index (χ3n) is 4.89. The highest BCUT2D eigenvalue weighted by Gasteiger charge is 2.26. The minimum absolute atomic E-state index is 0.0626. The molecule has 0 spiro atoms. The number of nitrogens with zero attached hydrogens (tertiary/aromatic N) is 2. The number of carbonyl (C=O) groups is 1. The maximum atomic E-state index is 12.8. The summed E-state index contributed by atoms with van der Waals surface area (Å²) in [5.74, 6) is -1.83. The molecule has 1 aliphatic heterocycles. The molecule has 1 saturated heterocycles. The van der Waals surface area contributed by atoms with Gasteiger partial charge in [0.15, 0.2) is 9.84 Å². The summed E-state index contributed by atoms with van der Waals surface area (Å²) in [6.07, 6.45) is 2.62. The third kappa shape index (κ3) is 6.13. The average molecular weight is 462 g/mol. The van der Waals surface area contributed by atoms with Crippen LogP contribution in [0.4, 0.5) is 5.69 Å². The Morgan fingerprint density at radius 3 is 2.32 bits per heavy atom. The van der Waals surface area contributed by atoms with Crippen molar-refractivity contribution in [2.75, 3.05) is 24.2 Å². The number of rotatable bonds is 7. The summed E-state index contributed by atoms with van der Waals surface area (Å²) in [5, 5.41) is 11.3. The number of sulfonamides is 1. The Labute approximate surface area is 182 Å². The summed E-state index contributed by atoms with van der Waals surface area (Å²) in [4.78, 5) is 12.4. The van der Waals surface area contributed by atoms with E-state index in [1.165, 1.54) is 52.8 Å². The highest BCUT2D eigenvalue weighted by atomic mass is 32.2. The number of benzene rings is 2. The molecule has 1 N–H and O–H groups in total. The van der Waals surface area contributed by atoms with Crippen LogP contribution < -0.4 is 5.32 Å². The van der Waals surface area contributed by atoms with Crippen molar-refractivity contribution in [3.63, 3.8) is 0 Å². The minimum atomic E-state index is -3.75. The molecular weight excluding hydrogens is 438 g/mol. The van der Waals surface area contributed by atoms with Gasteiger partial charge in [-0.15, -0.1) is 0 Å². The molecule has 0 bridgehead atoms. The number of sulfone groups is 1.